The predicted molar refractivity (Wildman–Crippen MR) is 74.0 cm³/mol. The average molecular weight is 238 g/mol. The Morgan fingerprint density at radius 3 is 1.76 bits per heavy atom. The second-order valence-electron chi connectivity index (χ2n) is 6.65. The van der Waals surface area contributed by atoms with Crippen molar-refractivity contribution in [1.29, 1.82) is 0 Å². The summed E-state index contributed by atoms with van der Waals surface area (Å²) in [6.07, 6.45) is 12.6. The maximum absolute atomic E-state index is 5.98. The summed E-state index contributed by atoms with van der Waals surface area (Å²) in [5, 5.41) is 0. The normalized spacial score (nSPS) is 39.5. The molecule has 2 heteroatoms. The monoisotopic (exact) mass is 238 g/mol. The van der Waals surface area contributed by atoms with E-state index in [1.165, 1.54) is 57.8 Å². The fourth-order valence-corrected chi connectivity index (χ4v) is 3.79. The summed E-state index contributed by atoms with van der Waals surface area (Å²) in [5.74, 6) is 2.02. The van der Waals surface area contributed by atoms with Crippen LogP contribution in [0.5, 0.6) is 0 Å². The maximum atomic E-state index is 5.98. The maximum Gasteiger partial charge on any atom is 0.00893 e. The largest absolute Gasteiger partial charge is 0.328 e. The van der Waals surface area contributed by atoms with Crippen molar-refractivity contribution in [3.05, 3.63) is 0 Å². The minimum Gasteiger partial charge on any atom is -0.328 e. The summed E-state index contributed by atoms with van der Waals surface area (Å²) in [7, 11) is 4.46. The van der Waals surface area contributed by atoms with Gasteiger partial charge in [0, 0.05) is 12.1 Å². The van der Waals surface area contributed by atoms with Crippen LogP contribution in [0.3, 0.4) is 0 Å². The molecule has 0 heterocycles. The Hall–Kier alpha value is -0.0800. The number of nitrogens with two attached hydrogens (primary N) is 1. The summed E-state index contributed by atoms with van der Waals surface area (Å²) in [6, 6.07) is 1.36. The van der Waals surface area contributed by atoms with Crippen LogP contribution in [0.15, 0.2) is 0 Å². The van der Waals surface area contributed by atoms with Gasteiger partial charge in [-0.3, -0.25) is 0 Å². The molecule has 0 aromatic carbocycles. The Morgan fingerprint density at radius 1 is 0.824 bits per heavy atom. The highest BCUT2D eigenvalue weighted by Crippen LogP contribution is 2.35. The molecule has 100 valence electrons. The molecular formula is C15H30N2. The van der Waals surface area contributed by atoms with Gasteiger partial charge in [-0.2, -0.15) is 0 Å². The molecule has 0 atom stereocenters. The number of hydrogen-bond donors (Lipinski definition) is 1. The van der Waals surface area contributed by atoms with E-state index in [1.807, 2.05) is 0 Å². The molecule has 0 aliphatic heterocycles. The second-order valence-corrected chi connectivity index (χ2v) is 6.65. The van der Waals surface area contributed by atoms with Crippen LogP contribution in [-0.2, 0) is 0 Å². The van der Waals surface area contributed by atoms with Crippen molar-refractivity contribution in [2.45, 2.75) is 69.9 Å². The molecule has 2 rings (SSSR count). The molecule has 2 nitrogen and oxygen atoms in total. The Bertz CT molecular complexity index is 211. The summed E-state index contributed by atoms with van der Waals surface area (Å²) >= 11 is 0. The van der Waals surface area contributed by atoms with Crippen LogP contribution in [0.1, 0.15) is 57.8 Å². The first-order valence-corrected chi connectivity index (χ1v) is 7.57. The summed E-state index contributed by atoms with van der Waals surface area (Å²) in [6.45, 7) is 0. The van der Waals surface area contributed by atoms with Gasteiger partial charge < -0.3 is 10.6 Å². The van der Waals surface area contributed by atoms with Crippen molar-refractivity contribution in [3.63, 3.8) is 0 Å². The molecule has 0 spiro atoms. The highest BCUT2D eigenvalue weighted by molar-refractivity contribution is 4.81. The second kappa shape index (κ2) is 6.19. The zero-order chi connectivity index (χ0) is 12.3. The molecular weight excluding hydrogens is 208 g/mol. The summed E-state index contributed by atoms with van der Waals surface area (Å²) in [5.41, 5.74) is 5.98. The minimum atomic E-state index is 0.510. The highest BCUT2D eigenvalue weighted by atomic mass is 15.1. The third-order valence-corrected chi connectivity index (χ3v) is 5.10. The molecule has 2 fully saturated rings. The molecule has 0 amide bonds. The van der Waals surface area contributed by atoms with Gasteiger partial charge in [-0.1, -0.05) is 0 Å². The van der Waals surface area contributed by atoms with E-state index in [0.717, 1.165) is 17.9 Å². The number of hydrogen-bond acceptors (Lipinski definition) is 2. The molecule has 0 bridgehead atoms. The van der Waals surface area contributed by atoms with Gasteiger partial charge in [-0.25, -0.2) is 0 Å². The van der Waals surface area contributed by atoms with E-state index in [9.17, 15) is 0 Å². The van der Waals surface area contributed by atoms with E-state index in [4.69, 9.17) is 5.73 Å². The van der Waals surface area contributed by atoms with Gasteiger partial charge >= 0.3 is 0 Å². The Morgan fingerprint density at radius 2 is 1.29 bits per heavy atom. The van der Waals surface area contributed by atoms with Gasteiger partial charge in [0.15, 0.2) is 0 Å². The lowest BCUT2D eigenvalue weighted by atomic mass is 9.76. The minimum absolute atomic E-state index is 0.510. The van der Waals surface area contributed by atoms with Crippen molar-refractivity contribution in [1.82, 2.24) is 4.90 Å². The first-order valence-electron chi connectivity index (χ1n) is 7.57. The molecule has 17 heavy (non-hydrogen) atoms. The molecule has 2 aliphatic carbocycles. The lowest BCUT2D eigenvalue weighted by molar-refractivity contribution is 0.166. The molecule has 2 N–H and O–H groups in total. The van der Waals surface area contributed by atoms with Crippen LogP contribution < -0.4 is 5.73 Å². The summed E-state index contributed by atoms with van der Waals surface area (Å²) < 4.78 is 0. The van der Waals surface area contributed by atoms with E-state index in [1.54, 1.807) is 0 Å². The van der Waals surface area contributed by atoms with Crippen molar-refractivity contribution in [2.75, 3.05) is 14.1 Å². The fraction of sp³-hybridized carbons (Fsp3) is 1.00. The van der Waals surface area contributed by atoms with Crippen LogP contribution in [0, 0.1) is 11.8 Å². The third-order valence-electron chi connectivity index (χ3n) is 5.10. The van der Waals surface area contributed by atoms with Crippen LogP contribution in [-0.4, -0.2) is 31.1 Å². The van der Waals surface area contributed by atoms with Gasteiger partial charge in [-0.15, -0.1) is 0 Å². The van der Waals surface area contributed by atoms with Crippen LogP contribution in [0.2, 0.25) is 0 Å². The topological polar surface area (TPSA) is 29.3 Å². The number of rotatable bonds is 3. The zero-order valence-electron chi connectivity index (χ0n) is 11.7. The van der Waals surface area contributed by atoms with Crippen molar-refractivity contribution in [3.8, 4) is 0 Å². The van der Waals surface area contributed by atoms with Crippen LogP contribution >= 0.6 is 0 Å². The number of nitrogens with zero attached hydrogens (tertiary/aromatic N) is 1. The molecule has 0 saturated heterocycles. The molecule has 2 aliphatic rings. The van der Waals surface area contributed by atoms with Gasteiger partial charge in [-0.05, 0) is 83.7 Å². The highest BCUT2D eigenvalue weighted by Gasteiger charge is 2.26. The molecule has 0 radical (unpaired) electrons. The van der Waals surface area contributed by atoms with E-state index in [0.29, 0.717) is 6.04 Å². The van der Waals surface area contributed by atoms with Gasteiger partial charge in [0.1, 0.15) is 0 Å². The van der Waals surface area contributed by atoms with Crippen molar-refractivity contribution >= 4 is 0 Å². The van der Waals surface area contributed by atoms with E-state index in [-0.39, 0.29) is 0 Å². The van der Waals surface area contributed by atoms with E-state index < -0.39 is 0 Å². The first-order chi connectivity index (χ1) is 8.15. The van der Waals surface area contributed by atoms with E-state index >= 15 is 0 Å². The van der Waals surface area contributed by atoms with Crippen molar-refractivity contribution in [2.24, 2.45) is 17.6 Å². The van der Waals surface area contributed by atoms with Gasteiger partial charge in [0.05, 0.1) is 0 Å². The lowest BCUT2D eigenvalue weighted by Crippen LogP contribution is -2.33. The van der Waals surface area contributed by atoms with Gasteiger partial charge in [0.2, 0.25) is 0 Å². The zero-order valence-corrected chi connectivity index (χ0v) is 11.7. The third kappa shape index (κ3) is 3.96. The van der Waals surface area contributed by atoms with Crippen LogP contribution in [0.4, 0.5) is 0 Å². The quantitative estimate of drug-likeness (QED) is 0.819. The molecule has 0 aromatic rings. The molecule has 0 aromatic heterocycles. The predicted octanol–water partition coefficient (Wildman–Crippen LogP) is 3.01. The Balaban J connectivity index is 1.67. The first kappa shape index (κ1) is 13.4. The smallest absolute Gasteiger partial charge is 0.00893 e. The van der Waals surface area contributed by atoms with Crippen molar-refractivity contribution < 1.29 is 0 Å². The SMILES string of the molecule is CN(C)C1CCC(CC2CCC(N)CC2)CC1. The molecule has 2 saturated carbocycles. The van der Waals surface area contributed by atoms with E-state index in [2.05, 4.69) is 19.0 Å². The fourth-order valence-electron chi connectivity index (χ4n) is 3.79. The standard InChI is InChI=1S/C15H30N2/c1-17(2)15-9-5-13(6-10-15)11-12-3-7-14(16)8-4-12/h12-15H,3-11,16H2,1-2H3. The van der Waals surface area contributed by atoms with Gasteiger partial charge in [0.25, 0.3) is 0 Å². The summed E-state index contributed by atoms with van der Waals surface area (Å²) in [4.78, 5) is 2.41. The Labute approximate surface area is 107 Å². The average Bonchev–Trinajstić information content (AvgIpc) is 2.33. The molecule has 0 unspecified atom stereocenters. The Kier molecular flexibility index (Phi) is 4.87. The van der Waals surface area contributed by atoms with Crippen LogP contribution in [0.25, 0.3) is 0 Å². The lowest BCUT2D eigenvalue weighted by Gasteiger charge is -2.35.